The Kier molecular flexibility index (Phi) is 11.5. The van der Waals surface area contributed by atoms with E-state index >= 15 is 0 Å². The second-order valence-corrected chi connectivity index (χ2v) is 12.8. The molecule has 278 valence electrons. The predicted molar refractivity (Wildman–Crippen MR) is 198 cm³/mol. The number of fused-ring (bicyclic) bond motifs is 2. The minimum absolute atomic E-state index is 0.0109. The van der Waals surface area contributed by atoms with Crippen LogP contribution in [0.25, 0.3) is 22.3 Å². The zero-order valence-corrected chi connectivity index (χ0v) is 31.0. The first-order valence-corrected chi connectivity index (χ1v) is 17.1. The molecule has 2 aromatic carbocycles. The van der Waals surface area contributed by atoms with Gasteiger partial charge in [-0.3, -0.25) is 37.4 Å². The number of hydrogen-bond donors (Lipinski definition) is 1. The van der Waals surface area contributed by atoms with Crippen molar-refractivity contribution in [3.63, 3.8) is 0 Å². The Hall–Kier alpha value is -5.74. The van der Waals surface area contributed by atoms with Gasteiger partial charge in [-0.05, 0) is 35.4 Å². The highest BCUT2D eigenvalue weighted by Gasteiger charge is 2.23. The molecule has 0 amide bonds. The fraction of sp³-hybridized carbons (Fsp3) is 0.314. The van der Waals surface area contributed by atoms with Crippen molar-refractivity contribution in [1.82, 2.24) is 37.4 Å². The molecule has 0 spiro atoms. The van der Waals surface area contributed by atoms with E-state index in [1.807, 2.05) is 13.8 Å². The first-order chi connectivity index (χ1) is 25.2. The van der Waals surface area contributed by atoms with E-state index in [1.54, 1.807) is 71.8 Å². The molecule has 0 radical (unpaired) electrons. The van der Waals surface area contributed by atoms with E-state index in [1.165, 1.54) is 11.7 Å². The maximum absolute atomic E-state index is 13.0. The lowest BCUT2D eigenvalue weighted by Gasteiger charge is -2.11. The molecular formula is C35H36Cl2N8O8. The lowest BCUT2D eigenvalue weighted by atomic mass is 10.2. The first kappa shape index (κ1) is 38.5. The quantitative estimate of drug-likeness (QED) is 0.203. The van der Waals surface area contributed by atoms with Crippen LogP contribution < -0.4 is 22.5 Å². The predicted octanol–water partition coefficient (Wildman–Crippen LogP) is 2.58. The zero-order chi connectivity index (χ0) is 38.7. The number of methoxy groups -OCH3 is 1. The molecule has 0 saturated carbocycles. The van der Waals surface area contributed by atoms with Gasteiger partial charge in [0.15, 0.2) is 22.3 Å². The van der Waals surface area contributed by atoms with Gasteiger partial charge in [0.25, 0.3) is 11.1 Å². The number of carboxylic acids is 1. The van der Waals surface area contributed by atoms with E-state index in [2.05, 4.69) is 14.7 Å². The van der Waals surface area contributed by atoms with E-state index in [9.17, 15) is 28.8 Å². The smallest absolute Gasteiger partial charge is 0.333 e. The summed E-state index contributed by atoms with van der Waals surface area (Å²) in [6.07, 6.45) is 1.12. The molecule has 0 aliphatic carbocycles. The molecule has 18 heteroatoms. The van der Waals surface area contributed by atoms with Gasteiger partial charge in [-0.2, -0.15) is 0 Å². The normalized spacial score (nSPS) is 11.2. The third kappa shape index (κ3) is 7.73. The second-order valence-electron chi connectivity index (χ2n) is 12.0. The zero-order valence-electron chi connectivity index (χ0n) is 29.5. The van der Waals surface area contributed by atoms with Crippen LogP contribution in [0.5, 0.6) is 0 Å². The average Bonchev–Trinajstić information content (AvgIpc) is 3.66. The van der Waals surface area contributed by atoms with Crippen molar-refractivity contribution < 1.29 is 19.4 Å². The van der Waals surface area contributed by atoms with Crippen LogP contribution in [-0.2, 0) is 67.4 Å². The SMILES string of the molecule is CCc1nc2c(c(=O)n(Cc3ccc(Cl)cc3)c(=O)n2CC(=O)O)n1C.CCc1nc2c(c(=O)n(Cc3ccc(Cl)cc3)c(=O)n2CC(=O)OC)n1C. The van der Waals surface area contributed by atoms with E-state index < -0.39 is 41.0 Å². The van der Waals surface area contributed by atoms with Crippen molar-refractivity contribution in [2.75, 3.05) is 7.11 Å². The summed E-state index contributed by atoms with van der Waals surface area (Å²) in [4.78, 5) is 83.5. The summed E-state index contributed by atoms with van der Waals surface area (Å²) in [5.74, 6) is -0.545. The highest BCUT2D eigenvalue weighted by atomic mass is 35.5. The van der Waals surface area contributed by atoms with Crippen molar-refractivity contribution in [3.8, 4) is 0 Å². The number of carbonyl (C=O) groups excluding carboxylic acids is 1. The van der Waals surface area contributed by atoms with Crippen molar-refractivity contribution in [2.45, 2.75) is 52.9 Å². The molecule has 4 aromatic heterocycles. The molecule has 0 saturated heterocycles. The highest BCUT2D eigenvalue weighted by Crippen LogP contribution is 2.15. The first-order valence-electron chi connectivity index (χ1n) is 16.4. The van der Waals surface area contributed by atoms with Gasteiger partial charge in [-0.15, -0.1) is 0 Å². The lowest BCUT2D eigenvalue weighted by Crippen LogP contribution is -2.42. The number of imidazole rings is 2. The molecule has 6 rings (SSSR count). The number of nitrogens with zero attached hydrogens (tertiary/aromatic N) is 8. The van der Waals surface area contributed by atoms with E-state index in [0.29, 0.717) is 40.1 Å². The average molecular weight is 768 g/mol. The molecular weight excluding hydrogens is 731 g/mol. The van der Waals surface area contributed by atoms with Crippen molar-refractivity contribution in [2.24, 2.45) is 14.1 Å². The van der Waals surface area contributed by atoms with Gasteiger partial charge in [-0.25, -0.2) is 19.6 Å². The standard InChI is InChI=1S/C18H19ClN4O4.C17H17ClN4O4/c1-4-13-20-16-15(21(13)2)17(25)23(9-11-5-7-12(19)8-6-11)18(26)22(16)10-14(24)27-3;1-3-12-19-15-14(20(12)2)16(25)22(17(26)21(15)9-13(23)24)8-10-4-6-11(18)7-5-10/h5-8H,4,9-10H2,1-3H3;4-7H,3,8-9H2,1-2H3,(H,23,24). The summed E-state index contributed by atoms with van der Waals surface area (Å²) in [5.41, 5.74) is -0.100. The number of aliphatic carboxylic acids is 1. The van der Waals surface area contributed by atoms with Crippen LogP contribution >= 0.6 is 23.2 Å². The summed E-state index contributed by atoms with van der Waals surface area (Å²) >= 11 is 11.8. The molecule has 0 unspecified atom stereocenters. The molecule has 0 bridgehead atoms. The molecule has 0 aliphatic rings. The summed E-state index contributed by atoms with van der Waals surface area (Å²) in [5, 5.41) is 10.3. The topological polar surface area (TPSA) is 187 Å². The Labute approximate surface area is 310 Å². The van der Waals surface area contributed by atoms with Crippen LogP contribution in [0.15, 0.2) is 67.7 Å². The van der Waals surface area contributed by atoms with Crippen molar-refractivity contribution in [3.05, 3.63) is 123 Å². The number of hydrogen-bond acceptors (Lipinski definition) is 9. The van der Waals surface area contributed by atoms with Gasteiger partial charge in [0, 0.05) is 37.0 Å². The molecule has 16 nitrogen and oxygen atoms in total. The Morgan fingerprint density at radius 1 is 0.660 bits per heavy atom. The molecule has 0 aliphatic heterocycles. The van der Waals surface area contributed by atoms with Gasteiger partial charge < -0.3 is 19.0 Å². The number of esters is 1. The molecule has 0 atom stereocenters. The highest BCUT2D eigenvalue weighted by molar-refractivity contribution is 6.30. The summed E-state index contributed by atoms with van der Waals surface area (Å²) in [7, 11) is 4.64. The van der Waals surface area contributed by atoms with Gasteiger partial charge in [-0.1, -0.05) is 61.3 Å². The van der Waals surface area contributed by atoms with E-state index in [-0.39, 0.29) is 42.0 Å². The molecule has 0 fully saturated rings. The largest absolute Gasteiger partial charge is 0.480 e. The number of benzene rings is 2. The molecule has 53 heavy (non-hydrogen) atoms. The van der Waals surface area contributed by atoms with Crippen LogP contribution in [0, 0.1) is 0 Å². The third-order valence-electron chi connectivity index (χ3n) is 8.62. The molecule has 6 aromatic rings. The number of carbonyl (C=O) groups is 2. The maximum atomic E-state index is 13.0. The number of ether oxygens (including phenoxy) is 1. The Morgan fingerprint density at radius 2 is 1.04 bits per heavy atom. The van der Waals surface area contributed by atoms with Crippen LogP contribution in [0.2, 0.25) is 10.0 Å². The fourth-order valence-corrected chi connectivity index (χ4v) is 6.14. The number of aryl methyl sites for hydroxylation is 4. The van der Waals surface area contributed by atoms with Gasteiger partial charge in [0.1, 0.15) is 24.7 Å². The number of halogens is 2. The number of rotatable bonds is 10. The van der Waals surface area contributed by atoms with Crippen molar-refractivity contribution >= 4 is 57.5 Å². The Balaban J connectivity index is 0.000000204. The van der Waals surface area contributed by atoms with Gasteiger partial charge >= 0.3 is 23.3 Å². The maximum Gasteiger partial charge on any atom is 0.333 e. The Morgan fingerprint density at radius 3 is 1.38 bits per heavy atom. The lowest BCUT2D eigenvalue weighted by molar-refractivity contribution is -0.141. The minimum atomic E-state index is -1.19. The van der Waals surface area contributed by atoms with Gasteiger partial charge in [0.2, 0.25) is 0 Å². The van der Waals surface area contributed by atoms with Gasteiger partial charge in [0.05, 0.1) is 20.2 Å². The summed E-state index contributed by atoms with van der Waals surface area (Å²) in [6.45, 7) is 2.93. The Bertz CT molecular complexity index is 2600. The monoisotopic (exact) mass is 766 g/mol. The molecule has 4 heterocycles. The van der Waals surface area contributed by atoms with Crippen LogP contribution in [0.1, 0.15) is 36.6 Å². The summed E-state index contributed by atoms with van der Waals surface area (Å²) < 4.78 is 12.3. The number of carboxylic acid groups (broad SMARTS) is 1. The third-order valence-corrected chi connectivity index (χ3v) is 9.12. The minimum Gasteiger partial charge on any atom is -0.480 e. The van der Waals surface area contributed by atoms with E-state index in [0.717, 1.165) is 19.3 Å². The number of aromatic nitrogens is 8. The second kappa shape index (κ2) is 15.9. The summed E-state index contributed by atoms with van der Waals surface area (Å²) in [6, 6.07) is 13.6. The van der Waals surface area contributed by atoms with Crippen LogP contribution in [0.4, 0.5) is 0 Å². The fourth-order valence-electron chi connectivity index (χ4n) is 5.89. The molecule has 1 N–H and O–H groups in total. The van der Waals surface area contributed by atoms with Crippen molar-refractivity contribution in [1.29, 1.82) is 0 Å². The van der Waals surface area contributed by atoms with E-state index in [4.69, 9.17) is 28.3 Å². The van der Waals surface area contributed by atoms with Crippen LogP contribution in [0.3, 0.4) is 0 Å². The van der Waals surface area contributed by atoms with Crippen LogP contribution in [-0.4, -0.2) is 61.5 Å².